The van der Waals surface area contributed by atoms with Gasteiger partial charge in [0.1, 0.15) is 11.5 Å². The van der Waals surface area contributed by atoms with Crippen molar-refractivity contribution in [2.45, 2.75) is 33.0 Å². The monoisotopic (exact) mass is 379 g/mol. The van der Waals surface area contributed by atoms with E-state index in [1.807, 2.05) is 0 Å². The SMILES string of the molecule is CC(C)Oc1ccc(C(=O)O)cc1NC(=O)Cc1ccccc1OC(F)F. The van der Waals surface area contributed by atoms with Gasteiger partial charge in [0.15, 0.2) is 0 Å². The van der Waals surface area contributed by atoms with E-state index in [0.717, 1.165) is 0 Å². The fraction of sp³-hybridized carbons (Fsp3) is 0.263. The Hall–Kier alpha value is -3.16. The Morgan fingerprint density at radius 2 is 1.78 bits per heavy atom. The average molecular weight is 379 g/mol. The van der Waals surface area contributed by atoms with Crippen molar-refractivity contribution >= 4 is 17.6 Å². The molecule has 0 saturated carbocycles. The molecular weight excluding hydrogens is 360 g/mol. The minimum Gasteiger partial charge on any atom is -0.489 e. The van der Waals surface area contributed by atoms with E-state index in [1.165, 1.54) is 36.4 Å². The van der Waals surface area contributed by atoms with Crippen LogP contribution in [-0.4, -0.2) is 29.7 Å². The second-order valence-corrected chi connectivity index (χ2v) is 5.89. The fourth-order valence-electron chi connectivity index (χ4n) is 2.35. The summed E-state index contributed by atoms with van der Waals surface area (Å²) in [5.41, 5.74) is 0.430. The van der Waals surface area contributed by atoms with Crippen molar-refractivity contribution in [2.24, 2.45) is 0 Å². The molecule has 0 spiro atoms. The van der Waals surface area contributed by atoms with Crippen LogP contribution in [-0.2, 0) is 11.2 Å². The van der Waals surface area contributed by atoms with Gasteiger partial charge in [0.2, 0.25) is 5.91 Å². The number of halogens is 2. The van der Waals surface area contributed by atoms with Crippen LogP contribution in [0.4, 0.5) is 14.5 Å². The molecule has 27 heavy (non-hydrogen) atoms. The van der Waals surface area contributed by atoms with E-state index in [4.69, 9.17) is 9.84 Å². The van der Waals surface area contributed by atoms with Gasteiger partial charge in [-0.3, -0.25) is 4.79 Å². The number of hydrogen-bond acceptors (Lipinski definition) is 4. The number of rotatable bonds is 8. The van der Waals surface area contributed by atoms with Gasteiger partial charge < -0.3 is 19.9 Å². The van der Waals surface area contributed by atoms with Gasteiger partial charge in [-0.2, -0.15) is 8.78 Å². The Morgan fingerprint density at radius 1 is 1.07 bits per heavy atom. The summed E-state index contributed by atoms with van der Waals surface area (Å²) in [6.07, 6.45) is -0.432. The molecule has 0 saturated heterocycles. The van der Waals surface area contributed by atoms with Crippen molar-refractivity contribution in [2.75, 3.05) is 5.32 Å². The Balaban J connectivity index is 2.22. The van der Waals surface area contributed by atoms with Gasteiger partial charge in [-0.25, -0.2) is 4.79 Å². The molecule has 0 aromatic heterocycles. The molecule has 0 aliphatic heterocycles. The lowest BCUT2D eigenvalue weighted by Crippen LogP contribution is -2.17. The lowest BCUT2D eigenvalue weighted by atomic mass is 10.1. The number of carboxylic acids is 1. The summed E-state index contributed by atoms with van der Waals surface area (Å²) in [5.74, 6) is -1.48. The van der Waals surface area contributed by atoms with Gasteiger partial charge in [0, 0.05) is 5.56 Å². The van der Waals surface area contributed by atoms with Crippen LogP contribution in [0.5, 0.6) is 11.5 Å². The number of aromatic carboxylic acids is 1. The van der Waals surface area contributed by atoms with Crippen LogP contribution >= 0.6 is 0 Å². The van der Waals surface area contributed by atoms with Crippen molar-refractivity contribution in [3.63, 3.8) is 0 Å². The molecule has 0 radical (unpaired) electrons. The summed E-state index contributed by atoms with van der Waals surface area (Å²) < 4.78 is 35.0. The van der Waals surface area contributed by atoms with E-state index in [0.29, 0.717) is 5.75 Å². The number of nitrogens with one attached hydrogen (secondary N) is 1. The van der Waals surface area contributed by atoms with Crippen LogP contribution in [0.25, 0.3) is 0 Å². The molecule has 6 nitrogen and oxygen atoms in total. The summed E-state index contributed by atoms with van der Waals surface area (Å²) in [6, 6.07) is 10.0. The highest BCUT2D eigenvalue weighted by molar-refractivity contribution is 5.96. The van der Waals surface area contributed by atoms with Crippen molar-refractivity contribution < 1.29 is 33.0 Å². The van der Waals surface area contributed by atoms with Crippen molar-refractivity contribution in [3.05, 3.63) is 53.6 Å². The summed E-state index contributed by atoms with van der Waals surface area (Å²) >= 11 is 0. The zero-order valence-electron chi connectivity index (χ0n) is 14.7. The highest BCUT2D eigenvalue weighted by atomic mass is 19.3. The number of carbonyl (C=O) groups is 2. The number of carbonyl (C=O) groups excluding carboxylic acids is 1. The number of carboxylic acid groups (broad SMARTS) is 1. The van der Waals surface area contributed by atoms with Crippen LogP contribution in [0.2, 0.25) is 0 Å². The van der Waals surface area contributed by atoms with Crippen LogP contribution in [0.3, 0.4) is 0 Å². The second kappa shape index (κ2) is 8.98. The predicted molar refractivity (Wildman–Crippen MR) is 94.6 cm³/mol. The molecule has 2 aromatic rings. The van der Waals surface area contributed by atoms with Gasteiger partial charge in [0.25, 0.3) is 0 Å². The molecule has 1 amide bonds. The molecule has 2 rings (SSSR count). The number of alkyl halides is 2. The van der Waals surface area contributed by atoms with Gasteiger partial charge >= 0.3 is 12.6 Å². The molecule has 144 valence electrons. The van der Waals surface area contributed by atoms with E-state index >= 15 is 0 Å². The van der Waals surface area contributed by atoms with E-state index in [-0.39, 0.29) is 35.1 Å². The zero-order chi connectivity index (χ0) is 20.0. The smallest absolute Gasteiger partial charge is 0.387 e. The molecule has 0 atom stereocenters. The van der Waals surface area contributed by atoms with Gasteiger partial charge in [0.05, 0.1) is 23.8 Å². The largest absolute Gasteiger partial charge is 0.489 e. The molecule has 0 unspecified atom stereocenters. The van der Waals surface area contributed by atoms with Gasteiger partial charge in [-0.1, -0.05) is 18.2 Å². The number of ether oxygens (including phenoxy) is 2. The van der Waals surface area contributed by atoms with Crippen molar-refractivity contribution in [1.82, 2.24) is 0 Å². The van der Waals surface area contributed by atoms with Crippen LogP contribution < -0.4 is 14.8 Å². The molecule has 0 fully saturated rings. The van der Waals surface area contributed by atoms with E-state index in [1.54, 1.807) is 19.9 Å². The summed E-state index contributed by atoms with van der Waals surface area (Å²) in [5, 5.41) is 11.7. The standard InChI is InChI=1S/C19H19F2NO5/c1-11(2)26-16-8-7-13(18(24)25)9-14(16)22-17(23)10-12-5-3-4-6-15(12)27-19(20)21/h3-9,11,19H,10H2,1-2H3,(H,22,23)(H,24,25). The maximum Gasteiger partial charge on any atom is 0.387 e. The highest BCUT2D eigenvalue weighted by Crippen LogP contribution is 2.28. The summed E-state index contributed by atoms with van der Waals surface area (Å²) in [6.45, 7) is 0.566. The third-order valence-corrected chi connectivity index (χ3v) is 3.40. The molecular formula is C19H19F2NO5. The molecule has 0 aliphatic carbocycles. The van der Waals surface area contributed by atoms with E-state index < -0.39 is 18.5 Å². The number of amides is 1. The molecule has 0 aliphatic rings. The predicted octanol–water partition coefficient (Wildman–Crippen LogP) is 3.95. The lowest BCUT2D eigenvalue weighted by Gasteiger charge is -2.16. The molecule has 0 heterocycles. The quantitative estimate of drug-likeness (QED) is 0.725. The van der Waals surface area contributed by atoms with Crippen LogP contribution in [0, 0.1) is 0 Å². The minimum atomic E-state index is -3.01. The topological polar surface area (TPSA) is 84.9 Å². The number of benzene rings is 2. The highest BCUT2D eigenvalue weighted by Gasteiger charge is 2.16. The van der Waals surface area contributed by atoms with Gasteiger partial charge in [-0.15, -0.1) is 0 Å². The lowest BCUT2D eigenvalue weighted by molar-refractivity contribution is -0.115. The molecule has 0 bridgehead atoms. The normalized spacial score (nSPS) is 10.7. The number of para-hydroxylation sites is 1. The van der Waals surface area contributed by atoms with E-state index in [2.05, 4.69) is 10.1 Å². The first-order valence-corrected chi connectivity index (χ1v) is 8.13. The molecule has 2 aromatic carbocycles. The Morgan fingerprint density at radius 3 is 2.41 bits per heavy atom. The first-order valence-electron chi connectivity index (χ1n) is 8.13. The summed E-state index contributed by atoms with van der Waals surface area (Å²) in [4.78, 5) is 23.6. The third-order valence-electron chi connectivity index (χ3n) is 3.40. The number of anilines is 1. The zero-order valence-corrected chi connectivity index (χ0v) is 14.7. The van der Waals surface area contributed by atoms with Gasteiger partial charge in [-0.05, 0) is 38.1 Å². The second-order valence-electron chi connectivity index (χ2n) is 5.89. The third kappa shape index (κ3) is 5.95. The maximum atomic E-state index is 12.5. The first-order chi connectivity index (χ1) is 12.8. The fourth-order valence-corrected chi connectivity index (χ4v) is 2.35. The maximum absolute atomic E-state index is 12.5. The first kappa shape index (κ1) is 20.2. The Kier molecular flexibility index (Phi) is 6.70. The minimum absolute atomic E-state index is 0.0251. The van der Waals surface area contributed by atoms with Crippen molar-refractivity contribution in [1.29, 1.82) is 0 Å². The van der Waals surface area contributed by atoms with E-state index in [9.17, 15) is 18.4 Å². The van der Waals surface area contributed by atoms with Crippen LogP contribution in [0.1, 0.15) is 29.8 Å². The Bertz CT molecular complexity index is 823. The number of hydrogen-bond donors (Lipinski definition) is 2. The molecule has 8 heteroatoms. The Labute approximate surface area is 154 Å². The van der Waals surface area contributed by atoms with Crippen LogP contribution in [0.15, 0.2) is 42.5 Å². The molecule has 2 N–H and O–H groups in total. The van der Waals surface area contributed by atoms with Crippen molar-refractivity contribution in [3.8, 4) is 11.5 Å². The average Bonchev–Trinajstić information content (AvgIpc) is 2.57. The summed E-state index contributed by atoms with van der Waals surface area (Å²) in [7, 11) is 0.